The second-order valence-corrected chi connectivity index (χ2v) is 5.67. The monoisotopic (exact) mass is 340 g/mol. The molecule has 0 bridgehead atoms. The summed E-state index contributed by atoms with van der Waals surface area (Å²) in [7, 11) is 5.42. The molecule has 0 amide bonds. The van der Waals surface area contributed by atoms with E-state index in [4.69, 9.17) is 5.73 Å². The Hall–Kier alpha value is -2.42. The fourth-order valence-corrected chi connectivity index (χ4v) is 2.10. The molecule has 0 atom stereocenters. The lowest BCUT2D eigenvalue weighted by Gasteiger charge is -2.17. The molecule has 24 heavy (non-hydrogen) atoms. The molecule has 2 rings (SSSR count). The predicted molar refractivity (Wildman–Crippen MR) is 85.2 cm³/mol. The van der Waals surface area contributed by atoms with Crippen molar-refractivity contribution >= 4 is 11.9 Å². The van der Waals surface area contributed by atoms with Gasteiger partial charge in [-0.15, -0.1) is 0 Å². The predicted octanol–water partition coefficient (Wildman–Crippen LogP) is 2.17. The van der Waals surface area contributed by atoms with Crippen LogP contribution in [0.25, 0.3) is 0 Å². The molecular formula is C15H19F3N6. The van der Waals surface area contributed by atoms with Crippen LogP contribution in [0.1, 0.15) is 17.0 Å². The third kappa shape index (κ3) is 4.79. The van der Waals surface area contributed by atoms with E-state index < -0.39 is 11.7 Å². The lowest BCUT2D eigenvalue weighted by molar-refractivity contribution is -0.137. The first kappa shape index (κ1) is 17.9. The highest BCUT2D eigenvalue weighted by Crippen LogP contribution is 2.29. The maximum Gasteiger partial charge on any atom is 0.416 e. The van der Waals surface area contributed by atoms with E-state index in [1.54, 1.807) is 19.0 Å². The molecule has 9 heteroatoms. The lowest BCUT2D eigenvalue weighted by atomic mass is 10.1. The number of aromatic nitrogens is 3. The molecule has 0 aliphatic rings. The second kappa shape index (κ2) is 7.00. The fourth-order valence-electron chi connectivity index (χ4n) is 2.10. The smallest absolute Gasteiger partial charge is 0.368 e. The number of halogens is 3. The second-order valence-electron chi connectivity index (χ2n) is 5.67. The van der Waals surface area contributed by atoms with Gasteiger partial charge in [0.2, 0.25) is 11.9 Å². The van der Waals surface area contributed by atoms with Crippen LogP contribution in [-0.2, 0) is 19.3 Å². The summed E-state index contributed by atoms with van der Waals surface area (Å²) in [6.07, 6.45) is -4.32. The van der Waals surface area contributed by atoms with Crippen molar-refractivity contribution in [2.45, 2.75) is 19.3 Å². The van der Waals surface area contributed by atoms with Gasteiger partial charge in [0.25, 0.3) is 0 Å². The van der Waals surface area contributed by atoms with Gasteiger partial charge >= 0.3 is 6.18 Å². The minimum atomic E-state index is -4.32. The van der Waals surface area contributed by atoms with Crippen molar-refractivity contribution in [1.82, 2.24) is 19.9 Å². The Morgan fingerprint density at radius 2 is 1.58 bits per heavy atom. The van der Waals surface area contributed by atoms with Gasteiger partial charge in [-0.05, 0) is 24.7 Å². The van der Waals surface area contributed by atoms with Crippen molar-refractivity contribution in [2.24, 2.45) is 0 Å². The van der Waals surface area contributed by atoms with Crippen LogP contribution in [0.3, 0.4) is 0 Å². The first-order chi connectivity index (χ1) is 11.1. The molecule has 0 fully saturated rings. The number of benzene rings is 1. The lowest BCUT2D eigenvalue weighted by Crippen LogP contribution is -2.22. The van der Waals surface area contributed by atoms with Crippen LogP contribution in [0, 0.1) is 0 Å². The standard InChI is InChI=1S/C15H19F3N6/c1-23(2)14-21-12(20-13(19)22-14)9-24(3)8-10-4-6-11(7-5-10)15(16,17)18/h4-7H,8-9H2,1-3H3,(H2,19,20,21,22). The molecule has 1 aromatic heterocycles. The Bertz CT molecular complexity index is 685. The van der Waals surface area contributed by atoms with E-state index in [2.05, 4.69) is 15.0 Å². The van der Waals surface area contributed by atoms with Crippen molar-refractivity contribution in [3.8, 4) is 0 Å². The molecule has 0 spiro atoms. The summed E-state index contributed by atoms with van der Waals surface area (Å²) < 4.78 is 37.7. The molecule has 1 aromatic carbocycles. The maximum atomic E-state index is 12.6. The molecule has 1 heterocycles. The quantitative estimate of drug-likeness (QED) is 0.899. The van der Waals surface area contributed by atoms with Crippen molar-refractivity contribution in [2.75, 3.05) is 31.8 Å². The SMILES string of the molecule is CN(Cc1ccc(C(F)(F)F)cc1)Cc1nc(N)nc(N(C)C)n1. The molecular weight excluding hydrogens is 321 g/mol. The Labute approximate surface area is 138 Å². The van der Waals surface area contributed by atoms with Crippen LogP contribution in [0.15, 0.2) is 24.3 Å². The molecule has 2 aromatic rings. The summed E-state index contributed by atoms with van der Waals surface area (Å²) in [5.41, 5.74) is 5.78. The number of anilines is 2. The van der Waals surface area contributed by atoms with Crippen molar-refractivity contribution < 1.29 is 13.2 Å². The summed E-state index contributed by atoms with van der Waals surface area (Å²) in [6, 6.07) is 5.08. The van der Waals surface area contributed by atoms with Crippen molar-refractivity contribution in [3.05, 3.63) is 41.2 Å². The number of alkyl halides is 3. The van der Waals surface area contributed by atoms with Gasteiger partial charge in [0.1, 0.15) is 5.82 Å². The molecule has 2 N–H and O–H groups in total. The maximum absolute atomic E-state index is 12.6. The average molecular weight is 340 g/mol. The normalized spacial score (nSPS) is 11.8. The first-order valence-electron chi connectivity index (χ1n) is 7.17. The molecule has 0 saturated carbocycles. The van der Waals surface area contributed by atoms with E-state index in [-0.39, 0.29) is 5.95 Å². The number of nitrogen functional groups attached to an aromatic ring is 1. The van der Waals surface area contributed by atoms with Crippen LogP contribution in [0.4, 0.5) is 25.1 Å². The highest BCUT2D eigenvalue weighted by atomic mass is 19.4. The zero-order valence-electron chi connectivity index (χ0n) is 13.7. The zero-order valence-corrected chi connectivity index (χ0v) is 13.7. The summed E-state index contributed by atoms with van der Waals surface area (Å²) in [6.45, 7) is 0.857. The van der Waals surface area contributed by atoms with Crippen molar-refractivity contribution in [3.63, 3.8) is 0 Å². The highest BCUT2D eigenvalue weighted by Gasteiger charge is 2.29. The van der Waals surface area contributed by atoms with Gasteiger partial charge in [-0.3, -0.25) is 4.90 Å². The molecule has 0 saturated heterocycles. The first-order valence-corrected chi connectivity index (χ1v) is 7.17. The average Bonchev–Trinajstić information content (AvgIpc) is 2.46. The molecule has 0 aliphatic heterocycles. The van der Waals surface area contributed by atoms with Gasteiger partial charge in [0, 0.05) is 20.6 Å². The van der Waals surface area contributed by atoms with Gasteiger partial charge < -0.3 is 10.6 Å². The minimum absolute atomic E-state index is 0.131. The van der Waals surface area contributed by atoms with Gasteiger partial charge in [0.05, 0.1) is 12.1 Å². The number of hydrogen-bond donors (Lipinski definition) is 1. The Morgan fingerprint density at radius 3 is 2.12 bits per heavy atom. The molecule has 0 unspecified atom stereocenters. The van der Waals surface area contributed by atoms with Crippen LogP contribution in [0.2, 0.25) is 0 Å². The van der Waals surface area contributed by atoms with Crippen LogP contribution in [0.5, 0.6) is 0 Å². The number of rotatable bonds is 5. The molecule has 0 radical (unpaired) electrons. The fraction of sp³-hybridized carbons (Fsp3) is 0.400. The third-order valence-corrected chi connectivity index (χ3v) is 3.23. The van der Waals surface area contributed by atoms with Crippen LogP contribution < -0.4 is 10.6 Å². The number of hydrogen-bond acceptors (Lipinski definition) is 6. The van der Waals surface area contributed by atoms with E-state index in [0.717, 1.165) is 17.7 Å². The van der Waals surface area contributed by atoms with E-state index >= 15 is 0 Å². The van der Waals surface area contributed by atoms with Gasteiger partial charge in [-0.2, -0.15) is 28.1 Å². The van der Waals surface area contributed by atoms with Gasteiger partial charge in [-0.25, -0.2) is 0 Å². The highest BCUT2D eigenvalue weighted by molar-refractivity contribution is 5.32. The van der Waals surface area contributed by atoms with Gasteiger partial charge in [0.15, 0.2) is 0 Å². The summed E-state index contributed by atoms with van der Waals surface area (Å²) in [4.78, 5) is 16.0. The minimum Gasteiger partial charge on any atom is -0.368 e. The number of nitrogens with zero attached hydrogens (tertiary/aromatic N) is 5. The molecule has 0 aliphatic carbocycles. The Balaban J connectivity index is 2.04. The van der Waals surface area contributed by atoms with E-state index in [9.17, 15) is 13.2 Å². The topological polar surface area (TPSA) is 71.2 Å². The van der Waals surface area contributed by atoms with E-state index in [1.165, 1.54) is 12.1 Å². The van der Waals surface area contributed by atoms with Crippen molar-refractivity contribution in [1.29, 1.82) is 0 Å². The Kier molecular flexibility index (Phi) is 5.23. The van der Waals surface area contributed by atoms with E-state index in [0.29, 0.717) is 24.9 Å². The summed E-state index contributed by atoms with van der Waals surface area (Å²) >= 11 is 0. The zero-order chi connectivity index (χ0) is 17.9. The molecule has 6 nitrogen and oxygen atoms in total. The third-order valence-electron chi connectivity index (χ3n) is 3.23. The summed E-state index contributed by atoms with van der Waals surface area (Å²) in [5, 5.41) is 0. The summed E-state index contributed by atoms with van der Waals surface area (Å²) in [5.74, 6) is 1.09. The van der Waals surface area contributed by atoms with Crippen LogP contribution in [-0.4, -0.2) is 41.0 Å². The van der Waals surface area contributed by atoms with Gasteiger partial charge in [-0.1, -0.05) is 12.1 Å². The number of nitrogens with two attached hydrogens (primary N) is 1. The van der Waals surface area contributed by atoms with E-state index in [1.807, 2.05) is 11.9 Å². The molecule has 130 valence electrons. The van der Waals surface area contributed by atoms with Crippen LogP contribution >= 0.6 is 0 Å². The largest absolute Gasteiger partial charge is 0.416 e. The Morgan fingerprint density at radius 1 is 0.958 bits per heavy atom.